The van der Waals surface area contributed by atoms with Gasteiger partial charge in [-0.05, 0) is 56.2 Å². The van der Waals surface area contributed by atoms with Crippen LogP contribution in [0.25, 0.3) is 11.0 Å². The highest BCUT2D eigenvalue weighted by Crippen LogP contribution is 2.33. The Kier molecular flexibility index (Phi) is 6.43. The molecule has 6 nitrogen and oxygen atoms in total. The number of nitrogens with zero attached hydrogens (tertiary/aromatic N) is 4. The molecule has 0 N–H and O–H groups in total. The van der Waals surface area contributed by atoms with Crippen molar-refractivity contribution in [1.29, 1.82) is 5.26 Å². The van der Waals surface area contributed by atoms with Gasteiger partial charge < -0.3 is 14.2 Å². The second-order valence-corrected chi connectivity index (χ2v) is 9.02. The van der Waals surface area contributed by atoms with E-state index in [-0.39, 0.29) is 11.9 Å². The Labute approximate surface area is 197 Å². The van der Waals surface area contributed by atoms with E-state index >= 15 is 0 Å². The predicted octanol–water partition coefficient (Wildman–Crippen LogP) is 5.17. The largest absolute Gasteiger partial charge is 0.378 e. The SMILES string of the molecule is Cc1cc(C#N)cc2c1nc(Cc1c(Cl)ccc(C(=O)N3CCOCC3)c1Cl)n2C(C)C. The summed E-state index contributed by atoms with van der Waals surface area (Å²) < 4.78 is 7.45. The molecule has 1 aliphatic rings. The van der Waals surface area contributed by atoms with Gasteiger partial charge in [-0.2, -0.15) is 5.26 Å². The average Bonchev–Trinajstić information content (AvgIpc) is 3.15. The first-order chi connectivity index (χ1) is 15.3. The Bertz CT molecular complexity index is 1240. The molecule has 0 spiro atoms. The number of fused-ring (bicyclic) bond motifs is 1. The lowest BCUT2D eigenvalue weighted by Crippen LogP contribution is -2.40. The summed E-state index contributed by atoms with van der Waals surface area (Å²) in [5.41, 5.74) is 4.39. The normalized spacial score (nSPS) is 14.2. The van der Waals surface area contributed by atoms with Gasteiger partial charge in [0.25, 0.3) is 5.91 Å². The van der Waals surface area contributed by atoms with Gasteiger partial charge in [-0.1, -0.05) is 23.2 Å². The molecule has 3 aromatic rings. The fourth-order valence-electron chi connectivity index (χ4n) is 4.20. The zero-order chi connectivity index (χ0) is 23.0. The Hall–Kier alpha value is -2.59. The number of aromatic nitrogens is 2. The van der Waals surface area contributed by atoms with Crippen LogP contribution in [0.5, 0.6) is 0 Å². The molecule has 0 aliphatic carbocycles. The van der Waals surface area contributed by atoms with Gasteiger partial charge in [0.1, 0.15) is 5.82 Å². The van der Waals surface area contributed by atoms with E-state index in [1.165, 1.54) is 0 Å². The summed E-state index contributed by atoms with van der Waals surface area (Å²) in [6.07, 6.45) is 0.371. The number of carbonyl (C=O) groups is 1. The van der Waals surface area contributed by atoms with Crippen LogP contribution >= 0.6 is 23.2 Å². The van der Waals surface area contributed by atoms with Gasteiger partial charge in [0.2, 0.25) is 0 Å². The van der Waals surface area contributed by atoms with Gasteiger partial charge in [-0.15, -0.1) is 0 Å². The minimum absolute atomic E-state index is 0.110. The molecule has 4 rings (SSSR count). The highest BCUT2D eigenvalue weighted by molar-refractivity contribution is 6.38. The monoisotopic (exact) mass is 470 g/mol. The van der Waals surface area contributed by atoms with Crippen molar-refractivity contribution < 1.29 is 9.53 Å². The highest BCUT2D eigenvalue weighted by atomic mass is 35.5. The summed E-state index contributed by atoms with van der Waals surface area (Å²) >= 11 is 13.3. The van der Waals surface area contributed by atoms with Gasteiger partial charge in [0.15, 0.2) is 0 Å². The molecule has 0 radical (unpaired) electrons. The number of benzene rings is 2. The molecule has 1 aromatic heterocycles. The second-order valence-electron chi connectivity index (χ2n) is 8.23. The lowest BCUT2D eigenvalue weighted by Gasteiger charge is -2.27. The molecule has 166 valence electrons. The zero-order valence-corrected chi connectivity index (χ0v) is 19.8. The van der Waals surface area contributed by atoms with Crippen LogP contribution in [0.3, 0.4) is 0 Å². The Morgan fingerprint density at radius 1 is 1.25 bits per heavy atom. The number of halogens is 2. The van der Waals surface area contributed by atoms with Gasteiger partial charge in [0, 0.05) is 30.6 Å². The second kappa shape index (κ2) is 9.11. The van der Waals surface area contributed by atoms with E-state index < -0.39 is 0 Å². The van der Waals surface area contributed by atoms with Crippen molar-refractivity contribution in [2.75, 3.05) is 26.3 Å². The number of carbonyl (C=O) groups excluding carboxylic acids is 1. The molecule has 32 heavy (non-hydrogen) atoms. The molecule has 0 atom stereocenters. The number of ether oxygens (including phenoxy) is 1. The predicted molar refractivity (Wildman–Crippen MR) is 126 cm³/mol. The van der Waals surface area contributed by atoms with E-state index in [2.05, 4.69) is 24.5 Å². The maximum absolute atomic E-state index is 13.1. The van der Waals surface area contributed by atoms with Gasteiger partial charge in [0.05, 0.1) is 46.5 Å². The molecule has 0 unspecified atom stereocenters. The number of morpholine rings is 1. The third-order valence-electron chi connectivity index (χ3n) is 5.75. The number of aryl methyl sites for hydroxylation is 1. The summed E-state index contributed by atoms with van der Waals surface area (Å²) in [6, 6.07) is 9.43. The molecule has 0 saturated carbocycles. The summed E-state index contributed by atoms with van der Waals surface area (Å²) in [7, 11) is 0. The highest BCUT2D eigenvalue weighted by Gasteiger charge is 2.24. The van der Waals surface area contributed by atoms with Crippen LogP contribution in [-0.2, 0) is 11.2 Å². The number of amides is 1. The van der Waals surface area contributed by atoms with Crippen molar-refractivity contribution in [2.45, 2.75) is 33.2 Å². The van der Waals surface area contributed by atoms with Crippen LogP contribution in [0.15, 0.2) is 24.3 Å². The number of rotatable bonds is 4. The number of nitriles is 1. The number of hydrogen-bond donors (Lipinski definition) is 0. The van der Waals surface area contributed by atoms with E-state index in [1.54, 1.807) is 17.0 Å². The maximum atomic E-state index is 13.1. The Morgan fingerprint density at radius 3 is 2.62 bits per heavy atom. The Morgan fingerprint density at radius 2 is 1.97 bits per heavy atom. The molecule has 2 heterocycles. The fourth-order valence-corrected chi connectivity index (χ4v) is 4.78. The van der Waals surface area contributed by atoms with Gasteiger partial charge >= 0.3 is 0 Å². The summed E-state index contributed by atoms with van der Waals surface area (Å²) in [4.78, 5) is 19.7. The zero-order valence-electron chi connectivity index (χ0n) is 18.3. The maximum Gasteiger partial charge on any atom is 0.255 e. The molecule has 1 aliphatic heterocycles. The summed E-state index contributed by atoms with van der Waals surface area (Å²) in [5.74, 6) is 0.663. The van der Waals surface area contributed by atoms with Gasteiger partial charge in [-0.25, -0.2) is 4.98 Å². The van der Waals surface area contributed by atoms with Crippen LogP contribution in [0.1, 0.15) is 52.8 Å². The van der Waals surface area contributed by atoms with Crippen LogP contribution < -0.4 is 0 Å². The molecule has 1 fully saturated rings. The van der Waals surface area contributed by atoms with Crippen molar-refractivity contribution in [3.8, 4) is 6.07 Å². The first-order valence-corrected chi connectivity index (χ1v) is 11.3. The fraction of sp³-hybridized carbons (Fsp3) is 0.375. The van der Waals surface area contributed by atoms with E-state index in [0.717, 1.165) is 22.4 Å². The minimum atomic E-state index is -0.122. The minimum Gasteiger partial charge on any atom is -0.378 e. The van der Waals surface area contributed by atoms with Crippen molar-refractivity contribution >= 4 is 40.1 Å². The summed E-state index contributed by atoms with van der Waals surface area (Å²) in [6.45, 7) is 8.21. The third-order valence-corrected chi connectivity index (χ3v) is 6.54. The van der Waals surface area contributed by atoms with Crippen molar-refractivity contribution in [2.24, 2.45) is 0 Å². The molecular formula is C24H24Cl2N4O2. The molecule has 0 bridgehead atoms. The van der Waals surface area contributed by atoms with Crippen LogP contribution in [0.4, 0.5) is 0 Å². The molecule has 1 saturated heterocycles. The molecular weight excluding hydrogens is 447 g/mol. The van der Waals surface area contributed by atoms with E-state index in [4.69, 9.17) is 32.9 Å². The van der Waals surface area contributed by atoms with Crippen LogP contribution in [-0.4, -0.2) is 46.7 Å². The van der Waals surface area contributed by atoms with Crippen molar-refractivity contribution in [3.05, 3.63) is 62.4 Å². The summed E-state index contributed by atoms with van der Waals surface area (Å²) in [5, 5.41) is 10.2. The average molecular weight is 471 g/mol. The van der Waals surface area contributed by atoms with Gasteiger partial charge in [-0.3, -0.25) is 4.79 Å². The molecule has 2 aromatic carbocycles. The van der Waals surface area contributed by atoms with Crippen molar-refractivity contribution in [1.82, 2.24) is 14.5 Å². The lowest BCUT2D eigenvalue weighted by atomic mass is 10.1. The standard InChI is InChI=1S/C24H24Cl2N4O2/c1-14(2)30-20-11-16(13-27)10-15(3)23(20)28-21(30)12-18-19(25)5-4-17(22(18)26)24(31)29-6-8-32-9-7-29/h4-5,10-11,14H,6-9,12H2,1-3H3. The first-order valence-electron chi connectivity index (χ1n) is 10.6. The van der Waals surface area contributed by atoms with E-state index in [1.807, 2.05) is 19.1 Å². The number of imidazole rings is 1. The number of hydrogen-bond acceptors (Lipinski definition) is 4. The first kappa shape index (κ1) is 22.6. The van der Waals surface area contributed by atoms with E-state index in [0.29, 0.717) is 59.5 Å². The lowest BCUT2D eigenvalue weighted by molar-refractivity contribution is 0.0303. The van der Waals surface area contributed by atoms with E-state index in [9.17, 15) is 10.1 Å². The smallest absolute Gasteiger partial charge is 0.255 e. The molecule has 1 amide bonds. The quantitative estimate of drug-likeness (QED) is 0.527. The third kappa shape index (κ3) is 4.09. The Balaban J connectivity index is 1.79. The van der Waals surface area contributed by atoms with Crippen LogP contribution in [0, 0.1) is 18.3 Å². The molecule has 8 heteroatoms. The van der Waals surface area contributed by atoms with Crippen molar-refractivity contribution in [3.63, 3.8) is 0 Å². The topological polar surface area (TPSA) is 71.2 Å². The van der Waals surface area contributed by atoms with Crippen LogP contribution in [0.2, 0.25) is 10.0 Å².